The molecule has 1 saturated heterocycles. The molecule has 1 aliphatic rings. The Bertz CT molecular complexity index is 482. The number of hydrogen-bond donors (Lipinski definition) is 1. The predicted octanol–water partition coefficient (Wildman–Crippen LogP) is 2.13. The highest BCUT2D eigenvalue weighted by atomic mass is 35.5. The summed E-state index contributed by atoms with van der Waals surface area (Å²) in [7, 11) is 0. The van der Waals surface area contributed by atoms with Gasteiger partial charge in [0.05, 0.1) is 5.56 Å². The molecule has 1 aromatic carbocycles. The molecule has 19 heavy (non-hydrogen) atoms. The van der Waals surface area contributed by atoms with E-state index >= 15 is 0 Å². The molecule has 1 fully saturated rings. The van der Waals surface area contributed by atoms with Gasteiger partial charge in [-0.2, -0.15) is 0 Å². The molecule has 1 aromatic rings. The van der Waals surface area contributed by atoms with Gasteiger partial charge in [-0.3, -0.25) is 4.79 Å². The van der Waals surface area contributed by atoms with Crippen molar-refractivity contribution in [3.63, 3.8) is 0 Å². The molecule has 0 spiro atoms. The van der Waals surface area contributed by atoms with Crippen molar-refractivity contribution in [1.29, 1.82) is 0 Å². The lowest BCUT2D eigenvalue weighted by Crippen LogP contribution is -2.51. The van der Waals surface area contributed by atoms with Crippen LogP contribution < -0.4 is 5.32 Å². The fraction of sp³-hybridized carbons (Fsp3) is 0.462. The highest BCUT2D eigenvalue weighted by Crippen LogP contribution is 2.17. The van der Waals surface area contributed by atoms with E-state index in [1.807, 2.05) is 6.92 Å². The molecule has 0 bridgehead atoms. The van der Waals surface area contributed by atoms with Crippen molar-refractivity contribution in [3.05, 3.63) is 34.9 Å². The molecule has 1 heterocycles. The van der Waals surface area contributed by atoms with Crippen molar-refractivity contribution in [2.45, 2.75) is 19.9 Å². The summed E-state index contributed by atoms with van der Waals surface area (Å²) >= 11 is 0. The van der Waals surface area contributed by atoms with E-state index in [0.29, 0.717) is 19.6 Å². The number of hydrogen-bond acceptors (Lipinski definition) is 2. The van der Waals surface area contributed by atoms with E-state index < -0.39 is 11.6 Å². The molecule has 6 heteroatoms. The number of piperazine rings is 1. The Labute approximate surface area is 117 Å². The SMILES string of the molecule is Cc1cc(C(=O)N2CCN[C@@H](C)C2)c(F)cc1F.Cl. The number of carbonyl (C=O) groups excluding carboxylic acids is 1. The van der Waals surface area contributed by atoms with E-state index in [0.717, 1.165) is 6.07 Å². The van der Waals surface area contributed by atoms with E-state index in [1.165, 1.54) is 13.0 Å². The van der Waals surface area contributed by atoms with Gasteiger partial charge in [0.15, 0.2) is 0 Å². The van der Waals surface area contributed by atoms with Crippen molar-refractivity contribution < 1.29 is 13.6 Å². The molecule has 0 saturated carbocycles. The molecule has 0 unspecified atom stereocenters. The van der Waals surface area contributed by atoms with Gasteiger partial charge in [-0.1, -0.05) is 0 Å². The van der Waals surface area contributed by atoms with Crippen LogP contribution in [0.4, 0.5) is 8.78 Å². The van der Waals surface area contributed by atoms with Gasteiger partial charge in [0, 0.05) is 31.7 Å². The average Bonchev–Trinajstić information content (AvgIpc) is 2.33. The molecular weight excluding hydrogens is 274 g/mol. The average molecular weight is 291 g/mol. The van der Waals surface area contributed by atoms with Crippen LogP contribution in [0.25, 0.3) is 0 Å². The molecule has 2 rings (SSSR count). The summed E-state index contributed by atoms with van der Waals surface area (Å²) in [6, 6.07) is 2.24. The summed E-state index contributed by atoms with van der Waals surface area (Å²) < 4.78 is 26.8. The van der Waals surface area contributed by atoms with E-state index in [9.17, 15) is 13.6 Å². The third-order valence-corrected chi connectivity index (χ3v) is 3.13. The van der Waals surface area contributed by atoms with Crippen LogP contribution in [0, 0.1) is 18.6 Å². The number of carbonyl (C=O) groups is 1. The third kappa shape index (κ3) is 3.42. The monoisotopic (exact) mass is 290 g/mol. The fourth-order valence-electron chi connectivity index (χ4n) is 2.11. The van der Waals surface area contributed by atoms with Gasteiger partial charge < -0.3 is 10.2 Å². The van der Waals surface area contributed by atoms with Crippen molar-refractivity contribution >= 4 is 18.3 Å². The number of aryl methyl sites for hydroxylation is 1. The van der Waals surface area contributed by atoms with Crippen LogP contribution in [-0.4, -0.2) is 36.5 Å². The summed E-state index contributed by atoms with van der Waals surface area (Å²) in [6.07, 6.45) is 0. The highest BCUT2D eigenvalue weighted by molar-refractivity contribution is 5.94. The molecule has 1 amide bonds. The normalized spacial score (nSPS) is 18.9. The zero-order chi connectivity index (χ0) is 13.3. The van der Waals surface area contributed by atoms with Crippen LogP contribution in [0.15, 0.2) is 12.1 Å². The molecule has 1 atom stereocenters. The van der Waals surface area contributed by atoms with Crippen LogP contribution in [0.3, 0.4) is 0 Å². The number of nitrogens with zero attached hydrogens (tertiary/aromatic N) is 1. The van der Waals surface area contributed by atoms with Crippen molar-refractivity contribution in [3.8, 4) is 0 Å². The lowest BCUT2D eigenvalue weighted by Gasteiger charge is -2.32. The fourth-order valence-corrected chi connectivity index (χ4v) is 2.11. The maximum absolute atomic E-state index is 13.6. The Kier molecular flexibility index (Phi) is 5.26. The van der Waals surface area contributed by atoms with Gasteiger partial charge in [-0.15, -0.1) is 12.4 Å². The Morgan fingerprint density at radius 3 is 2.68 bits per heavy atom. The van der Waals surface area contributed by atoms with Crippen LogP contribution in [-0.2, 0) is 0 Å². The summed E-state index contributed by atoms with van der Waals surface area (Å²) in [5.74, 6) is -1.80. The maximum Gasteiger partial charge on any atom is 0.256 e. The molecule has 0 radical (unpaired) electrons. The largest absolute Gasteiger partial charge is 0.336 e. The number of rotatable bonds is 1. The van der Waals surface area contributed by atoms with Gasteiger partial charge in [0.2, 0.25) is 0 Å². The number of nitrogens with one attached hydrogen (secondary N) is 1. The molecule has 3 nitrogen and oxygen atoms in total. The zero-order valence-electron chi connectivity index (χ0n) is 10.9. The van der Waals surface area contributed by atoms with Crippen molar-refractivity contribution in [1.82, 2.24) is 10.2 Å². The molecule has 0 aliphatic carbocycles. The Balaban J connectivity index is 0.00000180. The number of benzene rings is 1. The van der Waals surface area contributed by atoms with E-state index in [-0.39, 0.29) is 35.5 Å². The van der Waals surface area contributed by atoms with E-state index in [4.69, 9.17) is 0 Å². The Morgan fingerprint density at radius 1 is 1.37 bits per heavy atom. The second-order valence-electron chi connectivity index (χ2n) is 4.69. The lowest BCUT2D eigenvalue weighted by molar-refractivity contribution is 0.0704. The van der Waals surface area contributed by atoms with Gasteiger partial charge in [0.1, 0.15) is 11.6 Å². The number of halogens is 3. The minimum atomic E-state index is -0.797. The van der Waals surface area contributed by atoms with Crippen LogP contribution in [0.5, 0.6) is 0 Å². The molecular formula is C13H17ClF2N2O. The lowest BCUT2D eigenvalue weighted by atomic mass is 10.1. The summed E-state index contributed by atoms with van der Waals surface area (Å²) in [5.41, 5.74) is 0.228. The first-order valence-corrected chi connectivity index (χ1v) is 5.97. The number of amides is 1. The first-order chi connectivity index (χ1) is 8.49. The second-order valence-corrected chi connectivity index (χ2v) is 4.69. The Hall–Kier alpha value is -1.20. The van der Waals surface area contributed by atoms with Gasteiger partial charge in [0.25, 0.3) is 5.91 Å². The standard InChI is InChI=1S/C13H16F2N2O.ClH/c1-8-5-10(12(15)6-11(8)14)13(18)17-4-3-16-9(2)7-17;/h5-6,9,16H,3-4,7H2,1-2H3;1H/t9-;/m0./s1. The third-order valence-electron chi connectivity index (χ3n) is 3.13. The smallest absolute Gasteiger partial charge is 0.256 e. The van der Waals surface area contributed by atoms with Crippen LogP contribution in [0.2, 0.25) is 0 Å². The van der Waals surface area contributed by atoms with Crippen molar-refractivity contribution in [2.75, 3.05) is 19.6 Å². The Morgan fingerprint density at radius 2 is 2.05 bits per heavy atom. The molecule has 106 valence electrons. The van der Waals surface area contributed by atoms with Crippen LogP contribution in [0.1, 0.15) is 22.8 Å². The van der Waals surface area contributed by atoms with Crippen LogP contribution >= 0.6 is 12.4 Å². The first kappa shape index (κ1) is 15.9. The summed E-state index contributed by atoms with van der Waals surface area (Å²) in [5, 5.41) is 3.21. The van der Waals surface area contributed by atoms with E-state index in [1.54, 1.807) is 4.90 Å². The second kappa shape index (κ2) is 6.30. The van der Waals surface area contributed by atoms with Gasteiger partial charge in [-0.25, -0.2) is 8.78 Å². The molecule has 0 aromatic heterocycles. The topological polar surface area (TPSA) is 32.3 Å². The van der Waals surface area contributed by atoms with Crippen molar-refractivity contribution in [2.24, 2.45) is 0 Å². The van der Waals surface area contributed by atoms with E-state index in [2.05, 4.69) is 5.32 Å². The highest BCUT2D eigenvalue weighted by Gasteiger charge is 2.24. The minimum absolute atomic E-state index is 0. The quantitative estimate of drug-likeness (QED) is 0.859. The molecule has 1 N–H and O–H groups in total. The van der Waals surface area contributed by atoms with Gasteiger partial charge in [-0.05, 0) is 25.5 Å². The summed E-state index contributed by atoms with van der Waals surface area (Å²) in [6.45, 7) is 5.25. The minimum Gasteiger partial charge on any atom is -0.336 e. The predicted molar refractivity (Wildman–Crippen MR) is 71.7 cm³/mol. The first-order valence-electron chi connectivity index (χ1n) is 5.97. The zero-order valence-corrected chi connectivity index (χ0v) is 11.7. The van der Waals surface area contributed by atoms with Gasteiger partial charge >= 0.3 is 0 Å². The maximum atomic E-state index is 13.6. The summed E-state index contributed by atoms with van der Waals surface area (Å²) in [4.78, 5) is 13.8. The molecule has 1 aliphatic heterocycles.